The predicted octanol–water partition coefficient (Wildman–Crippen LogP) is 7.07. The Balaban J connectivity index is 2.25. The van der Waals surface area contributed by atoms with Gasteiger partial charge in [-0.25, -0.2) is 0 Å². The molecule has 0 aromatic heterocycles. The maximum absolute atomic E-state index is 11.4. The fourth-order valence-corrected chi connectivity index (χ4v) is 3.97. The summed E-state index contributed by atoms with van der Waals surface area (Å²) >= 11 is 0. The summed E-state index contributed by atoms with van der Waals surface area (Å²) in [6.07, 6.45) is 14.0. The largest absolute Gasteiger partial charge is 0.481 e. The van der Waals surface area contributed by atoms with Gasteiger partial charge in [-0.2, -0.15) is 0 Å². The van der Waals surface area contributed by atoms with Crippen LogP contribution in [0.2, 0.25) is 0 Å². The molecule has 32 heavy (non-hydrogen) atoms. The fraction of sp³-hybridized carbons (Fsp3) is 0.704. The van der Waals surface area contributed by atoms with E-state index in [1.54, 1.807) is 0 Å². The van der Waals surface area contributed by atoms with Gasteiger partial charge in [-0.15, -0.1) is 0 Å². The Labute approximate surface area is 194 Å². The Morgan fingerprint density at radius 1 is 0.812 bits per heavy atom. The van der Waals surface area contributed by atoms with Crippen molar-refractivity contribution in [3.63, 3.8) is 0 Å². The van der Waals surface area contributed by atoms with Crippen molar-refractivity contribution in [3.8, 4) is 0 Å². The van der Waals surface area contributed by atoms with E-state index >= 15 is 0 Å². The molecule has 1 N–H and O–H groups in total. The van der Waals surface area contributed by atoms with Gasteiger partial charge >= 0.3 is 11.9 Å². The van der Waals surface area contributed by atoms with E-state index in [-0.39, 0.29) is 24.6 Å². The van der Waals surface area contributed by atoms with Crippen molar-refractivity contribution in [2.75, 3.05) is 0 Å². The SMILES string of the molecule is CCCCCCCCCC(CCCCCC(CC(=O)O)OCc1ccccc1)OC(C)=O. The van der Waals surface area contributed by atoms with Crippen LogP contribution in [0.15, 0.2) is 30.3 Å². The molecule has 0 heterocycles. The van der Waals surface area contributed by atoms with Crippen molar-refractivity contribution in [2.45, 2.75) is 123 Å². The molecule has 5 nitrogen and oxygen atoms in total. The first kappa shape index (κ1) is 28.2. The van der Waals surface area contributed by atoms with Crippen LogP contribution in [0.1, 0.15) is 109 Å². The number of ether oxygens (including phenoxy) is 2. The summed E-state index contributed by atoms with van der Waals surface area (Å²) in [5.41, 5.74) is 1.05. The third-order valence-corrected chi connectivity index (χ3v) is 5.75. The van der Waals surface area contributed by atoms with Crippen LogP contribution in [-0.2, 0) is 25.7 Å². The zero-order valence-corrected chi connectivity index (χ0v) is 20.2. The van der Waals surface area contributed by atoms with E-state index in [1.165, 1.54) is 45.4 Å². The third kappa shape index (κ3) is 15.9. The zero-order valence-electron chi connectivity index (χ0n) is 20.2. The average Bonchev–Trinajstić information content (AvgIpc) is 2.76. The highest BCUT2D eigenvalue weighted by Crippen LogP contribution is 2.18. The van der Waals surface area contributed by atoms with Crippen LogP contribution in [0.4, 0.5) is 0 Å². The van der Waals surface area contributed by atoms with Crippen LogP contribution >= 0.6 is 0 Å². The second-order valence-corrected chi connectivity index (χ2v) is 8.80. The Morgan fingerprint density at radius 2 is 1.34 bits per heavy atom. The molecule has 0 bridgehead atoms. The summed E-state index contributed by atoms with van der Waals surface area (Å²) in [6, 6.07) is 9.83. The minimum atomic E-state index is -0.826. The van der Waals surface area contributed by atoms with E-state index in [9.17, 15) is 14.7 Å². The van der Waals surface area contributed by atoms with Crippen LogP contribution in [0.25, 0.3) is 0 Å². The minimum absolute atomic E-state index is 0.00675. The molecule has 0 fully saturated rings. The van der Waals surface area contributed by atoms with E-state index in [0.717, 1.165) is 50.5 Å². The van der Waals surface area contributed by atoms with E-state index in [1.807, 2.05) is 30.3 Å². The molecule has 0 aliphatic carbocycles. The van der Waals surface area contributed by atoms with Gasteiger partial charge in [0.1, 0.15) is 6.10 Å². The zero-order chi connectivity index (χ0) is 23.4. The quantitative estimate of drug-likeness (QED) is 0.171. The molecule has 0 aliphatic heterocycles. The molecule has 0 radical (unpaired) electrons. The molecule has 0 aliphatic rings. The molecule has 2 atom stereocenters. The van der Waals surface area contributed by atoms with E-state index in [2.05, 4.69) is 6.92 Å². The van der Waals surface area contributed by atoms with Gasteiger partial charge < -0.3 is 14.6 Å². The topological polar surface area (TPSA) is 72.8 Å². The van der Waals surface area contributed by atoms with Crippen LogP contribution in [0.3, 0.4) is 0 Å². The number of carbonyl (C=O) groups excluding carboxylic acids is 1. The van der Waals surface area contributed by atoms with Crippen molar-refractivity contribution in [1.82, 2.24) is 0 Å². The molecule has 0 saturated heterocycles. The number of aliphatic carboxylic acids is 1. The highest BCUT2D eigenvalue weighted by Gasteiger charge is 2.15. The highest BCUT2D eigenvalue weighted by atomic mass is 16.5. The second kappa shape index (κ2) is 18.7. The fourth-order valence-electron chi connectivity index (χ4n) is 3.97. The number of rotatable bonds is 20. The summed E-state index contributed by atoms with van der Waals surface area (Å²) in [5.74, 6) is -1.03. The molecule has 1 aromatic carbocycles. The first-order valence-corrected chi connectivity index (χ1v) is 12.6. The van der Waals surface area contributed by atoms with Gasteiger partial charge in [0.25, 0.3) is 0 Å². The summed E-state index contributed by atoms with van der Waals surface area (Å²) in [5, 5.41) is 9.18. The molecule has 1 aromatic rings. The summed E-state index contributed by atoms with van der Waals surface area (Å²) in [7, 11) is 0. The first-order valence-electron chi connectivity index (χ1n) is 12.6. The summed E-state index contributed by atoms with van der Waals surface area (Å²) in [6.45, 7) is 4.15. The number of esters is 1. The van der Waals surface area contributed by atoms with Crippen molar-refractivity contribution in [2.24, 2.45) is 0 Å². The summed E-state index contributed by atoms with van der Waals surface area (Å²) in [4.78, 5) is 22.6. The van der Waals surface area contributed by atoms with Crippen LogP contribution in [0, 0.1) is 0 Å². The molecule has 1 rings (SSSR count). The number of hydrogen-bond acceptors (Lipinski definition) is 4. The van der Waals surface area contributed by atoms with Crippen molar-refractivity contribution < 1.29 is 24.2 Å². The number of carbonyl (C=O) groups is 2. The van der Waals surface area contributed by atoms with E-state index < -0.39 is 5.97 Å². The number of carboxylic acids is 1. The molecule has 2 unspecified atom stereocenters. The first-order chi connectivity index (χ1) is 15.5. The predicted molar refractivity (Wildman–Crippen MR) is 129 cm³/mol. The van der Waals surface area contributed by atoms with Gasteiger partial charge in [0.15, 0.2) is 0 Å². The minimum Gasteiger partial charge on any atom is -0.481 e. The standard InChI is InChI=1S/C27H44O5/c1-3-4-5-6-7-8-13-18-25(32-23(2)28)19-14-10-15-20-26(21-27(29)30)31-22-24-16-11-9-12-17-24/h9,11-12,16-17,25-26H,3-8,10,13-15,18-22H2,1-2H3,(H,29,30). The van der Waals surface area contributed by atoms with Gasteiger partial charge in [0.05, 0.1) is 19.1 Å². The highest BCUT2D eigenvalue weighted by molar-refractivity contribution is 5.67. The molecule has 0 saturated carbocycles. The van der Waals surface area contributed by atoms with Gasteiger partial charge in [-0.05, 0) is 37.7 Å². The lowest BCUT2D eigenvalue weighted by atomic mass is 10.0. The van der Waals surface area contributed by atoms with Crippen LogP contribution in [-0.4, -0.2) is 29.3 Å². The molecule has 0 amide bonds. The van der Waals surface area contributed by atoms with Crippen LogP contribution in [0.5, 0.6) is 0 Å². The van der Waals surface area contributed by atoms with Crippen molar-refractivity contribution >= 4 is 11.9 Å². The normalized spacial score (nSPS) is 12.9. The van der Waals surface area contributed by atoms with Gasteiger partial charge in [0.2, 0.25) is 0 Å². The Bertz CT molecular complexity index is 601. The smallest absolute Gasteiger partial charge is 0.305 e. The molecular weight excluding hydrogens is 404 g/mol. The third-order valence-electron chi connectivity index (χ3n) is 5.75. The van der Waals surface area contributed by atoms with Crippen molar-refractivity contribution in [1.29, 1.82) is 0 Å². The lowest BCUT2D eigenvalue weighted by molar-refractivity contribution is -0.147. The van der Waals surface area contributed by atoms with Gasteiger partial charge in [0, 0.05) is 6.92 Å². The molecular formula is C27H44O5. The van der Waals surface area contributed by atoms with Crippen molar-refractivity contribution in [3.05, 3.63) is 35.9 Å². The average molecular weight is 449 g/mol. The van der Waals surface area contributed by atoms with E-state index in [4.69, 9.17) is 9.47 Å². The monoisotopic (exact) mass is 448 g/mol. The van der Waals surface area contributed by atoms with Gasteiger partial charge in [-0.3, -0.25) is 9.59 Å². The lowest BCUT2D eigenvalue weighted by Crippen LogP contribution is -2.18. The van der Waals surface area contributed by atoms with Crippen LogP contribution < -0.4 is 0 Å². The molecule has 0 spiro atoms. The Morgan fingerprint density at radius 3 is 1.91 bits per heavy atom. The maximum atomic E-state index is 11.4. The molecule has 5 heteroatoms. The van der Waals surface area contributed by atoms with E-state index in [0.29, 0.717) is 6.61 Å². The summed E-state index contributed by atoms with van der Waals surface area (Å²) < 4.78 is 11.4. The maximum Gasteiger partial charge on any atom is 0.305 e. The lowest BCUT2D eigenvalue weighted by Gasteiger charge is -2.18. The number of hydrogen-bond donors (Lipinski definition) is 1. The Kier molecular flexibility index (Phi) is 16.4. The number of carboxylic acid groups (broad SMARTS) is 1. The Hall–Kier alpha value is -1.88. The number of unbranched alkanes of at least 4 members (excludes halogenated alkanes) is 8. The second-order valence-electron chi connectivity index (χ2n) is 8.80. The molecule has 182 valence electrons. The van der Waals surface area contributed by atoms with Gasteiger partial charge in [-0.1, -0.05) is 88.6 Å². The number of benzene rings is 1.